The highest BCUT2D eigenvalue weighted by Crippen LogP contribution is 2.26. The van der Waals surface area contributed by atoms with Crippen molar-refractivity contribution in [1.82, 2.24) is 14.8 Å². The molecular formula is C26H19ClN4O4. The molecule has 2 heterocycles. The number of carbonyl (C=O) groups excluding carboxylic acids is 2. The van der Waals surface area contributed by atoms with Gasteiger partial charge in [0.05, 0.1) is 11.5 Å². The number of nitro benzene ring substituents is 1. The van der Waals surface area contributed by atoms with Crippen LogP contribution in [0.25, 0.3) is 17.0 Å². The summed E-state index contributed by atoms with van der Waals surface area (Å²) in [5.41, 5.74) is 3.64. The lowest BCUT2D eigenvalue weighted by molar-refractivity contribution is -0.384. The monoisotopic (exact) mass is 486 g/mol. The lowest BCUT2D eigenvalue weighted by atomic mass is 10.1. The van der Waals surface area contributed by atoms with Gasteiger partial charge in [-0.05, 0) is 35.4 Å². The zero-order valence-corrected chi connectivity index (χ0v) is 19.1. The molecule has 0 spiro atoms. The number of aromatic nitrogens is 1. The Morgan fingerprint density at radius 2 is 1.57 bits per heavy atom. The summed E-state index contributed by atoms with van der Waals surface area (Å²) in [7, 11) is 0. The molecule has 0 bridgehead atoms. The minimum Gasteiger partial charge on any atom is -0.342 e. The summed E-state index contributed by atoms with van der Waals surface area (Å²) >= 11 is 5.92. The second-order valence-corrected chi connectivity index (χ2v) is 8.60. The smallest absolute Gasteiger partial charge is 0.329 e. The number of hydrogen-bond donors (Lipinski definition) is 1. The number of non-ortho nitro benzene ring substituents is 1. The average Bonchev–Trinajstić information content (AvgIpc) is 3.32. The van der Waals surface area contributed by atoms with Crippen molar-refractivity contribution < 1.29 is 14.5 Å². The number of hydrogen-bond acceptors (Lipinski definition) is 4. The number of fused-ring (bicyclic) bond motifs is 1. The fourth-order valence-electron chi connectivity index (χ4n) is 4.08. The molecule has 0 radical (unpaired) electrons. The number of halogens is 1. The van der Waals surface area contributed by atoms with Crippen LogP contribution < -0.4 is 5.32 Å². The van der Waals surface area contributed by atoms with E-state index in [9.17, 15) is 19.7 Å². The second-order valence-electron chi connectivity index (χ2n) is 8.16. The Bertz CT molecular complexity index is 1490. The SMILES string of the molecule is O=C1N/C(=C\c2cn(Cc3ccc([N+](=O)[O-])cc3)c3ccccc23)C(=O)N1Cc1ccc(Cl)cc1. The van der Waals surface area contributed by atoms with Crippen LogP contribution in [0.2, 0.25) is 5.02 Å². The molecule has 35 heavy (non-hydrogen) atoms. The van der Waals surface area contributed by atoms with Crippen molar-refractivity contribution in [2.45, 2.75) is 13.1 Å². The quantitative estimate of drug-likeness (QED) is 0.172. The standard InChI is InChI=1S/C26H19ClN4O4/c27-20-9-5-18(6-10-20)15-30-25(32)23(28-26(30)33)13-19-16-29(24-4-2-1-3-22(19)24)14-17-7-11-21(12-8-17)31(34)35/h1-13,16H,14-15H2,(H,28,33)/b23-13-. The van der Waals surface area contributed by atoms with Gasteiger partial charge in [-0.2, -0.15) is 0 Å². The van der Waals surface area contributed by atoms with Crippen molar-refractivity contribution in [3.8, 4) is 0 Å². The predicted octanol–water partition coefficient (Wildman–Crippen LogP) is 5.34. The van der Waals surface area contributed by atoms with E-state index in [2.05, 4.69) is 5.32 Å². The van der Waals surface area contributed by atoms with Crippen LogP contribution in [0.3, 0.4) is 0 Å². The lowest BCUT2D eigenvalue weighted by Gasteiger charge is -2.11. The van der Waals surface area contributed by atoms with Gasteiger partial charge in [-0.3, -0.25) is 19.8 Å². The van der Waals surface area contributed by atoms with Gasteiger partial charge in [0, 0.05) is 46.4 Å². The number of para-hydroxylation sites is 1. The number of nitrogens with one attached hydrogen (secondary N) is 1. The van der Waals surface area contributed by atoms with Gasteiger partial charge in [0.2, 0.25) is 0 Å². The van der Waals surface area contributed by atoms with Crippen LogP contribution >= 0.6 is 11.6 Å². The number of urea groups is 1. The number of carbonyl (C=O) groups is 2. The molecule has 0 unspecified atom stereocenters. The van der Waals surface area contributed by atoms with Gasteiger partial charge in [-0.15, -0.1) is 0 Å². The molecule has 0 aliphatic carbocycles. The fourth-order valence-corrected chi connectivity index (χ4v) is 4.21. The maximum Gasteiger partial charge on any atom is 0.329 e. The van der Waals surface area contributed by atoms with E-state index in [0.29, 0.717) is 11.6 Å². The third-order valence-electron chi connectivity index (χ3n) is 5.84. The number of benzene rings is 3. The Kier molecular flexibility index (Phi) is 5.80. The highest BCUT2D eigenvalue weighted by Gasteiger charge is 2.33. The van der Waals surface area contributed by atoms with Gasteiger partial charge in [0.1, 0.15) is 5.70 Å². The Balaban J connectivity index is 1.43. The summed E-state index contributed by atoms with van der Waals surface area (Å²) in [4.78, 5) is 37.2. The van der Waals surface area contributed by atoms with Crippen LogP contribution in [0.5, 0.6) is 0 Å². The van der Waals surface area contributed by atoms with E-state index in [1.54, 1.807) is 42.5 Å². The maximum absolute atomic E-state index is 13.0. The van der Waals surface area contributed by atoms with Crippen molar-refractivity contribution >= 4 is 46.2 Å². The summed E-state index contributed by atoms with van der Waals surface area (Å²) in [5, 5.41) is 15.1. The van der Waals surface area contributed by atoms with Gasteiger partial charge in [-0.25, -0.2) is 4.79 Å². The van der Waals surface area contributed by atoms with E-state index in [1.807, 2.05) is 35.0 Å². The highest BCUT2D eigenvalue weighted by atomic mass is 35.5. The van der Waals surface area contributed by atoms with E-state index < -0.39 is 16.9 Å². The minimum atomic E-state index is -0.481. The highest BCUT2D eigenvalue weighted by molar-refractivity contribution is 6.30. The largest absolute Gasteiger partial charge is 0.342 e. The zero-order chi connectivity index (χ0) is 24.5. The van der Waals surface area contributed by atoms with Crippen molar-refractivity contribution in [3.63, 3.8) is 0 Å². The van der Waals surface area contributed by atoms with Crippen molar-refractivity contribution in [2.24, 2.45) is 0 Å². The van der Waals surface area contributed by atoms with Crippen LogP contribution in [0, 0.1) is 10.1 Å². The first-order valence-corrected chi connectivity index (χ1v) is 11.2. The molecule has 1 saturated heterocycles. The Morgan fingerprint density at radius 1 is 0.914 bits per heavy atom. The van der Waals surface area contributed by atoms with Crippen LogP contribution in [0.4, 0.5) is 10.5 Å². The normalized spacial score (nSPS) is 14.7. The van der Waals surface area contributed by atoms with Crippen molar-refractivity contribution in [1.29, 1.82) is 0 Å². The first-order chi connectivity index (χ1) is 16.9. The van der Waals surface area contributed by atoms with E-state index in [1.165, 1.54) is 12.1 Å². The van der Waals surface area contributed by atoms with E-state index >= 15 is 0 Å². The number of nitrogens with zero attached hydrogens (tertiary/aromatic N) is 3. The molecule has 0 atom stereocenters. The molecule has 1 N–H and O–H groups in total. The molecular weight excluding hydrogens is 468 g/mol. The Labute approximate surface area is 205 Å². The number of imide groups is 1. The van der Waals surface area contributed by atoms with Crippen molar-refractivity contribution in [3.05, 3.63) is 117 Å². The van der Waals surface area contributed by atoms with E-state index in [4.69, 9.17) is 11.6 Å². The number of rotatable bonds is 6. The lowest BCUT2D eigenvalue weighted by Crippen LogP contribution is -2.30. The first-order valence-electron chi connectivity index (χ1n) is 10.8. The van der Waals surface area contributed by atoms with Gasteiger partial charge < -0.3 is 9.88 Å². The first kappa shape index (κ1) is 22.4. The van der Waals surface area contributed by atoms with Crippen molar-refractivity contribution in [2.75, 3.05) is 0 Å². The van der Waals surface area contributed by atoms with Crippen LogP contribution in [0.1, 0.15) is 16.7 Å². The molecule has 4 aromatic rings. The van der Waals surface area contributed by atoms with Crippen LogP contribution in [-0.2, 0) is 17.9 Å². The van der Waals surface area contributed by atoms with Crippen LogP contribution in [-0.4, -0.2) is 26.3 Å². The molecule has 3 aromatic carbocycles. The molecule has 3 amide bonds. The molecule has 1 fully saturated rings. The van der Waals surface area contributed by atoms with E-state index in [0.717, 1.165) is 32.5 Å². The summed E-state index contributed by atoms with van der Waals surface area (Å²) in [6.07, 6.45) is 3.58. The Hall–Kier alpha value is -4.43. The second kappa shape index (κ2) is 9.08. The topological polar surface area (TPSA) is 97.5 Å². The molecule has 1 aromatic heterocycles. The molecule has 0 saturated carbocycles. The average molecular weight is 487 g/mol. The van der Waals surface area contributed by atoms with Gasteiger partial charge in [0.25, 0.3) is 11.6 Å². The summed E-state index contributed by atoms with van der Waals surface area (Å²) < 4.78 is 2.01. The number of amides is 3. The van der Waals surface area contributed by atoms with E-state index in [-0.39, 0.29) is 17.9 Å². The minimum absolute atomic E-state index is 0.0372. The summed E-state index contributed by atoms with van der Waals surface area (Å²) in [6, 6.07) is 20.6. The van der Waals surface area contributed by atoms with Crippen LogP contribution in [0.15, 0.2) is 84.7 Å². The molecule has 9 heteroatoms. The molecule has 5 rings (SSSR count). The van der Waals surface area contributed by atoms with Gasteiger partial charge >= 0.3 is 6.03 Å². The predicted molar refractivity (Wildman–Crippen MR) is 133 cm³/mol. The molecule has 174 valence electrons. The van der Waals surface area contributed by atoms with Gasteiger partial charge in [-0.1, -0.05) is 54.1 Å². The maximum atomic E-state index is 13.0. The zero-order valence-electron chi connectivity index (χ0n) is 18.3. The third-order valence-corrected chi connectivity index (χ3v) is 6.09. The fraction of sp³-hybridized carbons (Fsp3) is 0.0769. The molecule has 1 aliphatic heterocycles. The number of nitro groups is 1. The third kappa shape index (κ3) is 4.51. The summed E-state index contributed by atoms with van der Waals surface area (Å²) in [5.74, 6) is -0.405. The Morgan fingerprint density at radius 3 is 2.29 bits per heavy atom. The molecule has 8 nitrogen and oxygen atoms in total. The summed E-state index contributed by atoms with van der Waals surface area (Å²) in [6.45, 7) is 0.631. The van der Waals surface area contributed by atoms with Gasteiger partial charge in [0.15, 0.2) is 0 Å². The molecule has 1 aliphatic rings.